The molecule has 1 heterocycles. The number of amides is 1. The molecule has 0 radical (unpaired) electrons. The fraction of sp³-hybridized carbons (Fsp3) is 0.176. The van der Waals surface area contributed by atoms with E-state index in [9.17, 15) is 9.59 Å². The van der Waals surface area contributed by atoms with E-state index in [0.717, 1.165) is 5.56 Å². The van der Waals surface area contributed by atoms with Crippen molar-refractivity contribution in [2.24, 2.45) is 0 Å². The normalized spacial score (nSPS) is 20.9. The number of benzene rings is 2. The minimum atomic E-state index is -0.380. The predicted octanol–water partition coefficient (Wildman–Crippen LogP) is 4.15. The Balaban J connectivity index is 1.91. The van der Waals surface area contributed by atoms with Crippen LogP contribution < -0.4 is 5.32 Å². The maximum atomic E-state index is 12.8. The van der Waals surface area contributed by atoms with Crippen molar-refractivity contribution >= 4 is 46.7 Å². The average Bonchev–Trinajstić information content (AvgIpc) is 2.55. The van der Waals surface area contributed by atoms with Crippen LogP contribution >= 0.6 is 35.0 Å². The van der Waals surface area contributed by atoms with Crippen LogP contribution in [0.25, 0.3) is 0 Å². The first kappa shape index (κ1) is 16.4. The summed E-state index contributed by atoms with van der Waals surface area (Å²) < 4.78 is 0. The van der Waals surface area contributed by atoms with Gasteiger partial charge in [-0.3, -0.25) is 9.59 Å². The number of hydrogen-bond donors (Lipinski definition) is 1. The van der Waals surface area contributed by atoms with Crippen LogP contribution in [0.4, 0.5) is 0 Å². The van der Waals surface area contributed by atoms with E-state index in [2.05, 4.69) is 5.32 Å². The number of thioether (sulfide) groups is 1. The second kappa shape index (κ2) is 6.95. The number of halogens is 2. The Bertz CT molecular complexity index is 731. The van der Waals surface area contributed by atoms with Crippen molar-refractivity contribution in [3.8, 4) is 0 Å². The summed E-state index contributed by atoms with van der Waals surface area (Å²) >= 11 is 13.1. The average molecular weight is 366 g/mol. The van der Waals surface area contributed by atoms with Gasteiger partial charge in [0.05, 0.1) is 17.0 Å². The summed E-state index contributed by atoms with van der Waals surface area (Å²) in [6.07, 6.45) is 0. The highest BCUT2D eigenvalue weighted by Crippen LogP contribution is 2.33. The van der Waals surface area contributed by atoms with Crippen LogP contribution in [0.1, 0.15) is 22.0 Å². The van der Waals surface area contributed by atoms with Gasteiger partial charge in [-0.05, 0) is 42.0 Å². The number of carbonyl (C=O) groups is 2. The van der Waals surface area contributed by atoms with E-state index in [4.69, 9.17) is 23.2 Å². The first-order valence-electron chi connectivity index (χ1n) is 7.01. The zero-order valence-electron chi connectivity index (χ0n) is 12.0. The molecule has 6 heteroatoms. The van der Waals surface area contributed by atoms with Crippen molar-refractivity contribution in [1.29, 1.82) is 0 Å². The van der Waals surface area contributed by atoms with Crippen LogP contribution in [-0.4, -0.2) is 22.7 Å². The van der Waals surface area contributed by atoms with Gasteiger partial charge >= 0.3 is 0 Å². The van der Waals surface area contributed by atoms with Crippen molar-refractivity contribution in [3.63, 3.8) is 0 Å². The van der Waals surface area contributed by atoms with Gasteiger partial charge in [0.2, 0.25) is 5.91 Å². The molecule has 1 fully saturated rings. The van der Waals surface area contributed by atoms with E-state index in [1.807, 2.05) is 12.1 Å². The van der Waals surface area contributed by atoms with Crippen LogP contribution in [0.15, 0.2) is 48.5 Å². The molecule has 0 aromatic heterocycles. The topological polar surface area (TPSA) is 46.2 Å². The predicted molar refractivity (Wildman–Crippen MR) is 94.4 cm³/mol. The van der Waals surface area contributed by atoms with E-state index in [1.54, 1.807) is 36.4 Å². The quantitative estimate of drug-likeness (QED) is 0.831. The number of Topliss-reactive ketones (excluding diaryl/α,β-unsaturated/α-hetero) is 1. The second-order valence-corrected chi connectivity index (χ2v) is 7.20. The molecule has 23 heavy (non-hydrogen) atoms. The molecular weight excluding hydrogens is 353 g/mol. The Kier molecular flexibility index (Phi) is 4.95. The Morgan fingerprint density at radius 3 is 2.17 bits per heavy atom. The molecule has 2 aromatic rings. The van der Waals surface area contributed by atoms with Gasteiger partial charge in [-0.25, -0.2) is 0 Å². The van der Waals surface area contributed by atoms with Crippen LogP contribution in [0.2, 0.25) is 10.0 Å². The third kappa shape index (κ3) is 3.71. The second-order valence-electron chi connectivity index (χ2n) is 5.20. The van der Waals surface area contributed by atoms with E-state index in [-0.39, 0.29) is 28.7 Å². The van der Waals surface area contributed by atoms with Gasteiger partial charge in [-0.15, -0.1) is 11.8 Å². The lowest BCUT2D eigenvalue weighted by Crippen LogP contribution is -2.44. The lowest BCUT2D eigenvalue weighted by Gasteiger charge is -2.31. The number of nitrogens with one attached hydrogen (secondary N) is 1. The van der Waals surface area contributed by atoms with Gasteiger partial charge in [-0.1, -0.05) is 35.3 Å². The van der Waals surface area contributed by atoms with Gasteiger partial charge < -0.3 is 5.32 Å². The van der Waals surface area contributed by atoms with Gasteiger partial charge in [-0.2, -0.15) is 0 Å². The molecule has 3 nitrogen and oxygen atoms in total. The third-order valence-corrected chi connectivity index (χ3v) is 5.41. The monoisotopic (exact) mass is 365 g/mol. The van der Waals surface area contributed by atoms with Gasteiger partial charge in [0, 0.05) is 15.6 Å². The molecule has 0 saturated carbocycles. The van der Waals surface area contributed by atoms with Crippen LogP contribution in [-0.2, 0) is 4.79 Å². The first-order chi connectivity index (χ1) is 11.0. The summed E-state index contributed by atoms with van der Waals surface area (Å²) in [7, 11) is 0. The first-order valence-corrected chi connectivity index (χ1v) is 8.81. The minimum absolute atomic E-state index is 0.0217. The van der Waals surface area contributed by atoms with Crippen molar-refractivity contribution in [1.82, 2.24) is 5.32 Å². The van der Waals surface area contributed by atoms with Crippen molar-refractivity contribution in [2.75, 3.05) is 5.75 Å². The fourth-order valence-corrected chi connectivity index (χ4v) is 3.86. The van der Waals surface area contributed by atoms with Crippen molar-refractivity contribution in [2.45, 2.75) is 11.3 Å². The molecule has 0 bridgehead atoms. The molecule has 1 aliphatic rings. The number of ketones is 1. The standard InChI is InChI=1S/C17H13Cl2NO2S/c18-12-5-1-10(2-6-12)15-17(23-9-14(21)20-15)16(22)11-3-7-13(19)8-4-11/h1-8,15,17H,9H2,(H,20,21)/t15-,17+/m0/s1. The maximum Gasteiger partial charge on any atom is 0.230 e. The molecule has 118 valence electrons. The summed E-state index contributed by atoms with van der Waals surface area (Å²) in [4.78, 5) is 24.6. The lowest BCUT2D eigenvalue weighted by molar-refractivity contribution is -0.119. The number of hydrogen-bond acceptors (Lipinski definition) is 3. The maximum absolute atomic E-state index is 12.8. The largest absolute Gasteiger partial charge is 0.347 e. The third-order valence-electron chi connectivity index (χ3n) is 3.63. The molecule has 0 aliphatic carbocycles. The summed E-state index contributed by atoms with van der Waals surface area (Å²) in [5.74, 6) is 0.176. The number of rotatable bonds is 3. The SMILES string of the molecule is O=C1CS[C@@H](C(=O)c2ccc(Cl)cc2)[C@H](c2ccc(Cl)cc2)N1. The van der Waals surface area contributed by atoms with Crippen molar-refractivity contribution < 1.29 is 9.59 Å². The van der Waals surface area contributed by atoms with E-state index < -0.39 is 0 Å². The molecule has 2 aromatic carbocycles. The summed E-state index contributed by atoms with van der Waals surface area (Å²) in [5, 5.41) is 3.73. The number of carbonyl (C=O) groups excluding carboxylic acids is 2. The molecular formula is C17H13Cl2NO2S. The van der Waals surface area contributed by atoms with E-state index in [0.29, 0.717) is 15.6 Å². The van der Waals surface area contributed by atoms with E-state index in [1.165, 1.54) is 11.8 Å². The molecule has 0 spiro atoms. The molecule has 3 rings (SSSR count). The Morgan fingerprint density at radius 1 is 1.00 bits per heavy atom. The fourth-order valence-electron chi connectivity index (χ4n) is 2.49. The Labute approximate surface area is 148 Å². The molecule has 1 N–H and O–H groups in total. The highest BCUT2D eigenvalue weighted by molar-refractivity contribution is 8.01. The summed E-state index contributed by atoms with van der Waals surface area (Å²) in [5.41, 5.74) is 1.45. The molecule has 0 unspecified atom stereocenters. The Hall–Kier alpha value is -1.49. The lowest BCUT2D eigenvalue weighted by atomic mass is 9.97. The zero-order chi connectivity index (χ0) is 16.4. The molecule has 1 aliphatic heterocycles. The highest BCUT2D eigenvalue weighted by Gasteiger charge is 2.35. The minimum Gasteiger partial charge on any atom is -0.347 e. The van der Waals surface area contributed by atoms with E-state index >= 15 is 0 Å². The van der Waals surface area contributed by atoms with Crippen molar-refractivity contribution in [3.05, 3.63) is 69.7 Å². The summed E-state index contributed by atoms with van der Waals surface area (Å²) in [6.45, 7) is 0. The molecule has 2 atom stereocenters. The van der Waals surface area contributed by atoms with Gasteiger partial charge in [0.1, 0.15) is 0 Å². The summed E-state index contributed by atoms with van der Waals surface area (Å²) in [6, 6.07) is 13.6. The van der Waals surface area contributed by atoms with Crippen LogP contribution in [0.5, 0.6) is 0 Å². The van der Waals surface area contributed by atoms with Crippen LogP contribution in [0, 0.1) is 0 Å². The van der Waals surface area contributed by atoms with Crippen LogP contribution in [0.3, 0.4) is 0 Å². The molecule has 1 amide bonds. The highest BCUT2D eigenvalue weighted by atomic mass is 35.5. The van der Waals surface area contributed by atoms with Gasteiger partial charge in [0.25, 0.3) is 0 Å². The zero-order valence-corrected chi connectivity index (χ0v) is 14.3. The molecule has 1 saturated heterocycles. The Morgan fingerprint density at radius 2 is 1.57 bits per heavy atom. The smallest absolute Gasteiger partial charge is 0.230 e. The van der Waals surface area contributed by atoms with Gasteiger partial charge in [0.15, 0.2) is 5.78 Å².